The quantitative estimate of drug-likeness (QED) is 0.233. The minimum Gasteiger partial charge on any atom is -0.381 e. The monoisotopic (exact) mass is 256 g/mol. The van der Waals surface area contributed by atoms with Gasteiger partial charge in [0.1, 0.15) is 17.7 Å². The van der Waals surface area contributed by atoms with Crippen molar-refractivity contribution in [1.82, 2.24) is 4.98 Å². The summed E-state index contributed by atoms with van der Waals surface area (Å²) in [5.74, 6) is 4.34. The normalized spacial score (nSPS) is 11.7. The summed E-state index contributed by atoms with van der Waals surface area (Å²) in [5, 5.41) is 22.3. The van der Waals surface area contributed by atoms with Crippen molar-refractivity contribution in [3.8, 4) is 0 Å². The largest absolute Gasteiger partial charge is 0.381 e. The van der Waals surface area contributed by atoms with E-state index in [1.807, 2.05) is 0 Å². The molecular formula is C8H12N6O4. The molecule has 0 saturated heterocycles. The minimum absolute atomic E-state index is 0.0697. The molecule has 7 N–H and O–H groups in total. The molecule has 1 atom stereocenters. The maximum atomic E-state index is 10.6. The number of amides is 1. The SMILES string of the molecule is NNc1cc([N+](=O)[O-])cc(NCC(O)C(N)=O)n1. The predicted octanol–water partition coefficient (Wildman–Crippen LogP) is -1.47. The number of aliphatic hydroxyl groups excluding tert-OH is 1. The number of hydrogen-bond acceptors (Lipinski definition) is 8. The number of aromatic nitrogens is 1. The Morgan fingerprint density at radius 1 is 1.56 bits per heavy atom. The van der Waals surface area contributed by atoms with E-state index >= 15 is 0 Å². The van der Waals surface area contributed by atoms with Crippen LogP contribution >= 0.6 is 0 Å². The molecule has 0 aliphatic carbocycles. The van der Waals surface area contributed by atoms with Crippen LogP contribution in [0.3, 0.4) is 0 Å². The summed E-state index contributed by atoms with van der Waals surface area (Å²) in [6, 6.07) is 2.27. The third kappa shape index (κ3) is 3.54. The predicted molar refractivity (Wildman–Crippen MR) is 62.4 cm³/mol. The molecule has 18 heavy (non-hydrogen) atoms. The Balaban J connectivity index is 2.85. The van der Waals surface area contributed by atoms with Crippen molar-refractivity contribution in [2.24, 2.45) is 11.6 Å². The number of carbonyl (C=O) groups is 1. The summed E-state index contributed by atoms with van der Waals surface area (Å²) in [6.07, 6.45) is -1.42. The molecule has 0 saturated carbocycles. The standard InChI is InChI=1S/C8H12N6O4/c9-8(16)5(15)3-11-6-1-4(14(17)18)2-7(12-6)13-10/h1-2,5,15H,3,10H2,(H2,9,16)(H2,11,12,13). The van der Waals surface area contributed by atoms with E-state index in [1.54, 1.807) is 0 Å². The number of nitrogens with one attached hydrogen (secondary N) is 2. The molecule has 0 radical (unpaired) electrons. The first-order valence-electron chi connectivity index (χ1n) is 4.78. The molecule has 0 fully saturated rings. The van der Waals surface area contributed by atoms with Crippen LogP contribution in [-0.2, 0) is 4.79 Å². The van der Waals surface area contributed by atoms with Gasteiger partial charge in [0.15, 0.2) is 0 Å². The number of aliphatic hydroxyl groups is 1. The summed E-state index contributed by atoms with van der Waals surface area (Å²) in [7, 11) is 0. The molecule has 1 aromatic heterocycles. The first-order valence-corrected chi connectivity index (χ1v) is 4.78. The average molecular weight is 256 g/mol. The number of anilines is 2. The zero-order valence-corrected chi connectivity index (χ0v) is 9.16. The van der Waals surface area contributed by atoms with Crippen molar-refractivity contribution in [2.75, 3.05) is 17.3 Å². The molecule has 1 heterocycles. The summed E-state index contributed by atoms with van der Waals surface area (Å²) >= 11 is 0. The Morgan fingerprint density at radius 3 is 2.67 bits per heavy atom. The van der Waals surface area contributed by atoms with Gasteiger partial charge in [0.25, 0.3) is 5.69 Å². The van der Waals surface area contributed by atoms with E-state index in [9.17, 15) is 14.9 Å². The third-order valence-electron chi connectivity index (χ3n) is 1.97. The zero-order valence-electron chi connectivity index (χ0n) is 9.16. The first-order chi connectivity index (χ1) is 8.43. The Morgan fingerprint density at radius 2 is 2.17 bits per heavy atom. The van der Waals surface area contributed by atoms with Gasteiger partial charge >= 0.3 is 0 Å². The van der Waals surface area contributed by atoms with Gasteiger partial charge in [-0.05, 0) is 0 Å². The highest BCUT2D eigenvalue weighted by Crippen LogP contribution is 2.19. The van der Waals surface area contributed by atoms with Crippen LogP contribution in [0.2, 0.25) is 0 Å². The molecule has 1 unspecified atom stereocenters. The maximum Gasteiger partial charge on any atom is 0.276 e. The van der Waals surface area contributed by atoms with Gasteiger partial charge in [0, 0.05) is 0 Å². The van der Waals surface area contributed by atoms with Gasteiger partial charge in [0.05, 0.1) is 23.6 Å². The second-order valence-corrected chi connectivity index (χ2v) is 3.30. The molecule has 0 aliphatic heterocycles. The summed E-state index contributed by atoms with van der Waals surface area (Å²) in [6.45, 7) is -0.215. The highest BCUT2D eigenvalue weighted by molar-refractivity contribution is 5.79. The molecule has 1 rings (SSSR count). The molecule has 98 valence electrons. The van der Waals surface area contributed by atoms with E-state index in [0.717, 1.165) is 12.1 Å². The highest BCUT2D eigenvalue weighted by Gasteiger charge is 2.14. The second kappa shape index (κ2) is 5.75. The number of nitrogens with zero attached hydrogens (tertiary/aromatic N) is 2. The number of pyridine rings is 1. The van der Waals surface area contributed by atoms with Gasteiger partial charge in [-0.2, -0.15) is 0 Å². The summed E-state index contributed by atoms with van der Waals surface area (Å²) in [5.41, 5.74) is 6.77. The van der Waals surface area contributed by atoms with Crippen LogP contribution < -0.4 is 22.3 Å². The smallest absolute Gasteiger partial charge is 0.276 e. The number of nitrogens with two attached hydrogens (primary N) is 2. The molecule has 10 nitrogen and oxygen atoms in total. The van der Waals surface area contributed by atoms with Gasteiger partial charge in [0.2, 0.25) is 5.91 Å². The Bertz CT molecular complexity index is 465. The van der Waals surface area contributed by atoms with Gasteiger partial charge in [-0.3, -0.25) is 14.9 Å². The van der Waals surface area contributed by atoms with Gasteiger partial charge < -0.3 is 21.6 Å². The van der Waals surface area contributed by atoms with E-state index in [0.29, 0.717) is 0 Å². The van der Waals surface area contributed by atoms with Gasteiger partial charge in [-0.15, -0.1) is 0 Å². The zero-order chi connectivity index (χ0) is 13.7. The molecule has 0 aliphatic rings. The molecule has 0 spiro atoms. The molecule has 10 heteroatoms. The number of hydrazine groups is 1. The Labute approximate surface area is 101 Å². The van der Waals surface area contributed by atoms with E-state index in [-0.39, 0.29) is 23.9 Å². The van der Waals surface area contributed by atoms with Crippen molar-refractivity contribution in [2.45, 2.75) is 6.10 Å². The lowest BCUT2D eigenvalue weighted by Gasteiger charge is -2.09. The topological polar surface area (TPSA) is 169 Å². The summed E-state index contributed by atoms with van der Waals surface area (Å²) < 4.78 is 0. The van der Waals surface area contributed by atoms with Gasteiger partial charge in [-0.25, -0.2) is 10.8 Å². The van der Waals surface area contributed by atoms with E-state index in [1.165, 1.54) is 0 Å². The summed E-state index contributed by atoms with van der Waals surface area (Å²) in [4.78, 5) is 24.4. The van der Waals surface area contributed by atoms with Crippen LogP contribution in [0.1, 0.15) is 0 Å². The lowest BCUT2D eigenvalue weighted by molar-refractivity contribution is -0.384. The van der Waals surface area contributed by atoms with Crippen molar-refractivity contribution in [1.29, 1.82) is 0 Å². The van der Waals surface area contributed by atoms with Crippen molar-refractivity contribution in [3.05, 3.63) is 22.2 Å². The molecule has 1 aromatic rings. The fourth-order valence-corrected chi connectivity index (χ4v) is 1.09. The van der Waals surface area contributed by atoms with Gasteiger partial charge in [-0.1, -0.05) is 0 Å². The molecule has 0 aromatic carbocycles. The maximum absolute atomic E-state index is 10.6. The first kappa shape index (κ1) is 13.6. The molecule has 1 amide bonds. The van der Waals surface area contributed by atoms with Crippen LogP contribution in [0.5, 0.6) is 0 Å². The van der Waals surface area contributed by atoms with Crippen molar-refractivity contribution >= 4 is 23.2 Å². The lowest BCUT2D eigenvalue weighted by Crippen LogP contribution is -2.34. The van der Waals surface area contributed by atoms with E-state index in [2.05, 4.69) is 15.7 Å². The number of rotatable bonds is 6. The van der Waals surface area contributed by atoms with Crippen molar-refractivity contribution < 1.29 is 14.8 Å². The number of carbonyl (C=O) groups excluding carboxylic acids is 1. The number of primary amides is 1. The third-order valence-corrected chi connectivity index (χ3v) is 1.97. The van der Waals surface area contributed by atoms with E-state index < -0.39 is 16.9 Å². The highest BCUT2D eigenvalue weighted by atomic mass is 16.6. The second-order valence-electron chi connectivity index (χ2n) is 3.30. The fourth-order valence-electron chi connectivity index (χ4n) is 1.09. The van der Waals surface area contributed by atoms with Crippen LogP contribution in [-0.4, -0.2) is 33.6 Å². The number of hydrogen-bond donors (Lipinski definition) is 5. The molecular weight excluding hydrogens is 244 g/mol. The van der Waals surface area contributed by atoms with E-state index in [4.69, 9.17) is 16.7 Å². The molecule has 0 bridgehead atoms. The fraction of sp³-hybridized carbons (Fsp3) is 0.250. The average Bonchev–Trinajstić information content (AvgIpc) is 2.35. The van der Waals surface area contributed by atoms with Crippen LogP contribution in [0, 0.1) is 10.1 Å². The number of nitro groups is 1. The Hall–Kier alpha value is -2.46. The van der Waals surface area contributed by atoms with Crippen LogP contribution in [0.4, 0.5) is 17.3 Å². The Kier molecular flexibility index (Phi) is 4.34. The number of nitrogen functional groups attached to an aromatic ring is 1. The lowest BCUT2D eigenvalue weighted by atomic mass is 10.3. The van der Waals surface area contributed by atoms with Crippen LogP contribution in [0.15, 0.2) is 12.1 Å². The van der Waals surface area contributed by atoms with Crippen molar-refractivity contribution in [3.63, 3.8) is 0 Å². The van der Waals surface area contributed by atoms with Crippen LogP contribution in [0.25, 0.3) is 0 Å². The minimum atomic E-state index is -1.42.